The third-order valence-corrected chi connectivity index (χ3v) is 3.88. The molecule has 4 nitrogen and oxygen atoms in total. The number of nitrogens with two attached hydrogens (primary N) is 1. The highest BCUT2D eigenvalue weighted by molar-refractivity contribution is 5.39. The number of nitrogen functional groups attached to an aromatic ring is 1. The maximum atomic E-state index is 5.67. The van der Waals surface area contributed by atoms with E-state index in [1.165, 1.54) is 19.3 Å². The van der Waals surface area contributed by atoms with Gasteiger partial charge >= 0.3 is 0 Å². The van der Waals surface area contributed by atoms with Crippen molar-refractivity contribution in [1.82, 2.24) is 10.1 Å². The molecule has 0 saturated heterocycles. The van der Waals surface area contributed by atoms with E-state index >= 15 is 0 Å². The monoisotopic (exact) mass is 257 g/mol. The van der Waals surface area contributed by atoms with Crippen molar-refractivity contribution in [3.63, 3.8) is 0 Å². The van der Waals surface area contributed by atoms with Gasteiger partial charge in [0.1, 0.15) is 0 Å². The molecule has 3 rings (SSSR count). The largest absolute Gasteiger partial charge is 0.399 e. The van der Waals surface area contributed by atoms with Crippen LogP contribution in [0.5, 0.6) is 0 Å². The Bertz CT molecular complexity index is 547. The molecule has 0 spiro atoms. The van der Waals surface area contributed by atoms with Crippen LogP contribution in [0, 0.1) is 5.92 Å². The third kappa shape index (κ3) is 2.78. The standard InChI is InChI=1S/C15H19N3O/c1-10-2-5-12(8-10)15-17-14(19-18-15)9-11-3-6-13(16)7-4-11/h3-4,6-7,10,12H,2,5,8-9,16H2,1H3. The van der Waals surface area contributed by atoms with Crippen LogP contribution in [0.4, 0.5) is 5.69 Å². The molecule has 2 unspecified atom stereocenters. The van der Waals surface area contributed by atoms with Gasteiger partial charge in [-0.15, -0.1) is 0 Å². The molecule has 1 saturated carbocycles. The average molecular weight is 257 g/mol. The number of anilines is 1. The van der Waals surface area contributed by atoms with E-state index in [0.29, 0.717) is 18.2 Å². The molecular formula is C15H19N3O. The van der Waals surface area contributed by atoms with Gasteiger partial charge in [-0.2, -0.15) is 4.98 Å². The Kier molecular flexibility index (Phi) is 3.23. The van der Waals surface area contributed by atoms with Gasteiger partial charge in [0.15, 0.2) is 5.82 Å². The second-order valence-corrected chi connectivity index (χ2v) is 5.58. The van der Waals surface area contributed by atoms with Crippen molar-refractivity contribution in [2.24, 2.45) is 5.92 Å². The lowest BCUT2D eigenvalue weighted by Crippen LogP contribution is -1.97. The molecule has 1 heterocycles. The van der Waals surface area contributed by atoms with Crippen LogP contribution in [0.25, 0.3) is 0 Å². The van der Waals surface area contributed by atoms with Crippen molar-refractivity contribution in [2.75, 3.05) is 5.73 Å². The van der Waals surface area contributed by atoms with E-state index in [2.05, 4.69) is 17.1 Å². The Hall–Kier alpha value is -1.84. The van der Waals surface area contributed by atoms with Crippen molar-refractivity contribution >= 4 is 5.69 Å². The molecule has 0 bridgehead atoms. The Morgan fingerprint density at radius 1 is 1.26 bits per heavy atom. The van der Waals surface area contributed by atoms with Gasteiger partial charge in [-0.05, 0) is 42.9 Å². The maximum absolute atomic E-state index is 5.67. The summed E-state index contributed by atoms with van der Waals surface area (Å²) in [5.41, 5.74) is 7.58. The first-order valence-electron chi connectivity index (χ1n) is 6.87. The molecule has 100 valence electrons. The predicted molar refractivity (Wildman–Crippen MR) is 73.7 cm³/mol. The van der Waals surface area contributed by atoms with Crippen LogP contribution in [0.1, 0.15) is 49.4 Å². The van der Waals surface area contributed by atoms with Crippen LogP contribution in [0.15, 0.2) is 28.8 Å². The zero-order valence-electron chi connectivity index (χ0n) is 11.2. The number of hydrogen-bond donors (Lipinski definition) is 1. The van der Waals surface area contributed by atoms with E-state index in [9.17, 15) is 0 Å². The zero-order chi connectivity index (χ0) is 13.2. The fourth-order valence-electron chi connectivity index (χ4n) is 2.76. The van der Waals surface area contributed by atoms with Crippen LogP contribution in [0.2, 0.25) is 0 Å². The van der Waals surface area contributed by atoms with Gasteiger partial charge < -0.3 is 10.3 Å². The molecule has 1 aliphatic rings. The number of benzene rings is 1. The van der Waals surface area contributed by atoms with E-state index in [1.807, 2.05) is 24.3 Å². The van der Waals surface area contributed by atoms with E-state index < -0.39 is 0 Å². The first kappa shape index (κ1) is 12.2. The molecular weight excluding hydrogens is 238 g/mol. The summed E-state index contributed by atoms with van der Waals surface area (Å²) in [5, 5.41) is 4.14. The minimum atomic E-state index is 0.485. The summed E-state index contributed by atoms with van der Waals surface area (Å²) in [6, 6.07) is 7.78. The molecule has 19 heavy (non-hydrogen) atoms. The van der Waals surface area contributed by atoms with Crippen molar-refractivity contribution in [1.29, 1.82) is 0 Å². The number of hydrogen-bond acceptors (Lipinski definition) is 4. The van der Waals surface area contributed by atoms with Crippen molar-refractivity contribution in [3.05, 3.63) is 41.5 Å². The molecule has 1 aromatic carbocycles. The number of aromatic nitrogens is 2. The van der Waals surface area contributed by atoms with Crippen LogP contribution in [-0.2, 0) is 6.42 Å². The average Bonchev–Trinajstić information content (AvgIpc) is 3.01. The summed E-state index contributed by atoms with van der Waals surface area (Å²) in [7, 11) is 0. The minimum absolute atomic E-state index is 0.485. The second-order valence-electron chi connectivity index (χ2n) is 5.58. The highest BCUT2D eigenvalue weighted by atomic mass is 16.5. The van der Waals surface area contributed by atoms with Gasteiger partial charge in [0.2, 0.25) is 5.89 Å². The van der Waals surface area contributed by atoms with Gasteiger partial charge in [0, 0.05) is 11.6 Å². The lowest BCUT2D eigenvalue weighted by molar-refractivity contribution is 0.375. The smallest absolute Gasteiger partial charge is 0.231 e. The maximum Gasteiger partial charge on any atom is 0.231 e. The highest BCUT2D eigenvalue weighted by Crippen LogP contribution is 2.36. The van der Waals surface area contributed by atoms with Gasteiger partial charge in [-0.3, -0.25) is 0 Å². The Labute approximate surface area is 113 Å². The topological polar surface area (TPSA) is 64.9 Å². The highest BCUT2D eigenvalue weighted by Gasteiger charge is 2.26. The Morgan fingerprint density at radius 3 is 2.74 bits per heavy atom. The summed E-state index contributed by atoms with van der Waals surface area (Å²) in [6.07, 6.45) is 4.31. The quantitative estimate of drug-likeness (QED) is 0.858. The molecule has 0 radical (unpaired) electrons. The Balaban J connectivity index is 1.69. The van der Waals surface area contributed by atoms with Crippen molar-refractivity contribution < 1.29 is 4.52 Å². The first-order valence-corrected chi connectivity index (χ1v) is 6.87. The fourth-order valence-corrected chi connectivity index (χ4v) is 2.76. The zero-order valence-corrected chi connectivity index (χ0v) is 11.2. The van der Waals surface area contributed by atoms with Crippen LogP contribution < -0.4 is 5.73 Å². The normalized spacial score (nSPS) is 22.8. The summed E-state index contributed by atoms with van der Waals surface area (Å²) in [5.74, 6) is 2.84. The molecule has 1 fully saturated rings. The van der Waals surface area contributed by atoms with E-state index in [1.54, 1.807) is 0 Å². The lowest BCUT2D eigenvalue weighted by Gasteiger charge is -2.01. The summed E-state index contributed by atoms with van der Waals surface area (Å²) < 4.78 is 5.35. The van der Waals surface area contributed by atoms with Gasteiger partial charge in [0.05, 0.1) is 6.42 Å². The molecule has 0 amide bonds. The third-order valence-electron chi connectivity index (χ3n) is 3.88. The van der Waals surface area contributed by atoms with E-state index in [-0.39, 0.29) is 0 Å². The fraction of sp³-hybridized carbons (Fsp3) is 0.467. The Morgan fingerprint density at radius 2 is 2.05 bits per heavy atom. The van der Waals surface area contributed by atoms with Crippen LogP contribution in [0.3, 0.4) is 0 Å². The minimum Gasteiger partial charge on any atom is -0.399 e. The molecule has 1 aliphatic carbocycles. The first-order chi connectivity index (χ1) is 9.20. The molecule has 2 N–H and O–H groups in total. The lowest BCUT2D eigenvalue weighted by atomic mass is 10.1. The van der Waals surface area contributed by atoms with Gasteiger partial charge in [0.25, 0.3) is 0 Å². The van der Waals surface area contributed by atoms with Crippen LogP contribution >= 0.6 is 0 Å². The van der Waals surface area contributed by atoms with Gasteiger partial charge in [-0.1, -0.05) is 24.2 Å². The molecule has 4 heteroatoms. The predicted octanol–water partition coefficient (Wildman–Crippen LogP) is 3.15. The summed E-state index contributed by atoms with van der Waals surface area (Å²) >= 11 is 0. The van der Waals surface area contributed by atoms with E-state index in [0.717, 1.165) is 23.0 Å². The van der Waals surface area contributed by atoms with Gasteiger partial charge in [-0.25, -0.2) is 0 Å². The molecule has 2 atom stereocenters. The SMILES string of the molecule is CC1CCC(c2noc(Cc3ccc(N)cc3)n2)C1. The van der Waals surface area contributed by atoms with Crippen molar-refractivity contribution in [3.8, 4) is 0 Å². The molecule has 2 aromatic rings. The molecule has 1 aromatic heterocycles. The van der Waals surface area contributed by atoms with E-state index in [4.69, 9.17) is 10.3 Å². The number of rotatable bonds is 3. The van der Waals surface area contributed by atoms with Crippen LogP contribution in [-0.4, -0.2) is 10.1 Å². The number of nitrogens with zero attached hydrogens (tertiary/aromatic N) is 2. The molecule has 0 aliphatic heterocycles. The van der Waals surface area contributed by atoms with Crippen molar-refractivity contribution in [2.45, 2.75) is 38.5 Å². The summed E-state index contributed by atoms with van der Waals surface area (Å²) in [4.78, 5) is 4.54. The summed E-state index contributed by atoms with van der Waals surface area (Å²) in [6.45, 7) is 2.29. The second kappa shape index (κ2) is 5.03.